The van der Waals surface area contributed by atoms with Crippen LogP contribution in [0.3, 0.4) is 0 Å². The van der Waals surface area contributed by atoms with Gasteiger partial charge in [-0.15, -0.1) is 11.3 Å². The average Bonchev–Trinajstić information content (AvgIpc) is 2.92. The minimum atomic E-state index is -0.542. The Balaban J connectivity index is 2.27. The maximum Gasteiger partial charge on any atom is 0.348 e. The van der Waals surface area contributed by atoms with Gasteiger partial charge in [0.05, 0.1) is 12.2 Å². The minimum Gasteiger partial charge on any atom is -0.462 e. The largest absolute Gasteiger partial charge is 0.462 e. The van der Waals surface area contributed by atoms with Crippen LogP contribution in [-0.4, -0.2) is 30.6 Å². The lowest BCUT2D eigenvalue weighted by Crippen LogP contribution is -2.21. The molecule has 1 aliphatic rings. The van der Waals surface area contributed by atoms with E-state index in [1.165, 1.54) is 6.42 Å². The summed E-state index contributed by atoms with van der Waals surface area (Å²) in [4.78, 5) is 36.9. The fourth-order valence-electron chi connectivity index (χ4n) is 2.85. The van der Waals surface area contributed by atoms with Crippen LogP contribution in [0.25, 0.3) is 0 Å². The van der Waals surface area contributed by atoms with Crippen LogP contribution in [0, 0.1) is 6.92 Å². The van der Waals surface area contributed by atoms with E-state index < -0.39 is 11.9 Å². The smallest absolute Gasteiger partial charge is 0.348 e. The molecular weight excluding hydrogens is 342 g/mol. The quantitative estimate of drug-likeness (QED) is 0.767. The number of ether oxygens (including phenoxy) is 2. The average molecular weight is 367 g/mol. The van der Waals surface area contributed by atoms with Crippen molar-refractivity contribution in [1.29, 1.82) is 0 Å². The highest BCUT2D eigenvalue weighted by atomic mass is 32.1. The van der Waals surface area contributed by atoms with Crippen LogP contribution in [-0.2, 0) is 14.3 Å². The lowest BCUT2D eigenvalue weighted by molar-refractivity contribution is -0.115. The molecule has 1 aromatic rings. The van der Waals surface area contributed by atoms with E-state index in [0.717, 1.165) is 37.0 Å². The van der Waals surface area contributed by atoms with Gasteiger partial charge in [0.2, 0.25) is 5.91 Å². The number of carbonyl (C=O) groups excluding carboxylic acids is 3. The number of thiophene rings is 1. The number of hydrogen-bond donors (Lipinski definition) is 1. The van der Waals surface area contributed by atoms with Gasteiger partial charge in [0.25, 0.3) is 0 Å². The first kappa shape index (κ1) is 19.4. The fourth-order valence-corrected chi connectivity index (χ4v) is 3.94. The zero-order valence-electron chi connectivity index (χ0n) is 15.0. The second-order valence-electron chi connectivity index (χ2n) is 6.05. The highest BCUT2D eigenvalue weighted by Crippen LogP contribution is 2.35. The van der Waals surface area contributed by atoms with Crippen molar-refractivity contribution in [2.24, 2.45) is 0 Å². The summed E-state index contributed by atoms with van der Waals surface area (Å²) in [5.74, 6) is -1.20. The molecule has 1 N–H and O–H groups in total. The lowest BCUT2D eigenvalue weighted by Gasteiger charge is -2.21. The van der Waals surface area contributed by atoms with Gasteiger partial charge >= 0.3 is 11.9 Å². The monoisotopic (exact) mass is 367 g/mol. The predicted molar refractivity (Wildman–Crippen MR) is 96.2 cm³/mol. The van der Waals surface area contributed by atoms with Gasteiger partial charge in [-0.1, -0.05) is 13.3 Å². The zero-order valence-corrected chi connectivity index (χ0v) is 15.8. The molecule has 1 aromatic heterocycles. The maximum atomic E-state index is 12.6. The molecule has 25 heavy (non-hydrogen) atoms. The van der Waals surface area contributed by atoms with Crippen molar-refractivity contribution in [3.8, 4) is 0 Å². The predicted octanol–water partition coefficient (Wildman–Crippen LogP) is 4.07. The van der Waals surface area contributed by atoms with Crippen LogP contribution in [0.1, 0.15) is 78.0 Å². The first-order valence-electron chi connectivity index (χ1n) is 8.79. The summed E-state index contributed by atoms with van der Waals surface area (Å²) in [6.45, 7) is 5.33. The number of esters is 2. The molecule has 2 rings (SSSR count). The van der Waals surface area contributed by atoms with Gasteiger partial charge in [-0.2, -0.15) is 0 Å². The highest BCUT2D eigenvalue weighted by Gasteiger charge is 2.28. The Labute approximate surface area is 151 Å². The first-order valence-corrected chi connectivity index (χ1v) is 9.60. The van der Waals surface area contributed by atoms with Crippen molar-refractivity contribution in [2.75, 3.05) is 11.9 Å². The lowest BCUT2D eigenvalue weighted by atomic mass is 9.98. The Morgan fingerprint density at radius 2 is 1.80 bits per heavy atom. The summed E-state index contributed by atoms with van der Waals surface area (Å²) in [5.41, 5.74) is 0.736. The van der Waals surface area contributed by atoms with E-state index in [-0.39, 0.29) is 30.6 Å². The summed E-state index contributed by atoms with van der Waals surface area (Å²) in [6, 6.07) is 0. The molecule has 138 valence electrons. The molecule has 0 spiro atoms. The van der Waals surface area contributed by atoms with E-state index >= 15 is 0 Å². The van der Waals surface area contributed by atoms with Crippen LogP contribution in [0.15, 0.2) is 0 Å². The first-order chi connectivity index (χ1) is 12.0. The molecule has 1 saturated carbocycles. The summed E-state index contributed by atoms with van der Waals surface area (Å²) in [6.07, 6.45) is 5.26. The van der Waals surface area contributed by atoms with Crippen molar-refractivity contribution in [3.05, 3.63) is 16.0 Å². The second kappa shape index (κ2) is 8.99. The molecule has 0 aliphatic heterocycles. The normalized spacial score (nSPS) is 14.8. The summed E-state index contributed by atoms with van der Waals surface area (Å²) in [7, 11) is 0. The highest BCUT2D eigenvalue weighted by molar-refractivity contribution is 7.18. The van der Waals surface area contributed by atoms with E-state index in [0.29, 0.717) is 15.4 Å². The van der Waals surface area contributed by atoms with Crippen LogP contribution >= 0.6 is 11.3 Å². The molecule has 0 radical (unpaired) electrons. The summed E-state index contributed by atoms with van der Waals surface area (Å²) < 4.78 is 10.7. The third kappa shape index (κ3) is 4.81. The Morgan fingerprint density at radius 1 is 1.12 bits per heavy atom. The van der Waals surface area contributed by atoms with Crippen molar-refractivity contribution >= 4 is 34.2 Å². The van der Waals surface area contributed by atoms with Crippen molar-refractivity contribution < 1.29 is 23.9 Å². The van der Waals surface area contributed by atoms with Gasteiger partial charge < -0.3 is 14.8 Å². The number of hydrogen-bond acceptors (Lipinski definition) is 6. The minimum absolute atomic E-state index is 0.0672. The Bertz CT molecular complexity index is 646. The summed E-state index contributed by atoms with van der Waals surface area (Å²) in [5, 5.41) is 3.04. The zero-order chi connectivity index (χ0) is 18.4. The molecule has 0 unspecified atom stereocenters. The molecular formula is C18H25NO5S. The molecule has 1 aliphatic carbocycles. The van der Waals surface area contributed by atoms with Crippen LogP contribution in [0.2, 0.25) is 0 Å². The van der Waals surface area contributed by atoms with Gasteiger partial charge in [0.1, 0.15) is 16.0 Å². The molecule has 7 heteroatoms. The van der Waals surface area contributed by atoms with Gasteiger partial charge in [-0.3, -0.25) is 4.79 Å². The Kier molecular flexibility index (Phi) is 6.99. The molecule has 0 saturated heterocycles. The standard InChI is InChI=1S/C18H25NO5S/c1-4-13(20)19-16-14(17(21)23-5-2)11(3)15(25-16)18(22)24-12-9-7-6-8-10-12/h12H,4-10H2,1-3H3,(H,19,20). The van der Waals surface area contributed by atoms with Crippen LogP contribution in [0.5, 0.6) is 0 Å². The third-order valence-electron chi connectivity index (χ3n) is 4.21. The topological polar surface area (TPSA) is 81.7 Å². The third-order valence-corrected chi connectivity index (χ3v) is 5.40. The fraction of sp³-hybridized carbons (Fsp3) is 0.611. The van der Waals surface area contributed by atoms with E-state index in [1.54, 1.807) is 20.8 Å². The van der Waals surface area contributed by atoms with Crippen LogP contribution in [0.4, 0.5) is 5.00 Å². The molecule has 0 atom stereocenters. The molecule has 1 amide bonds. The second-order valence-corrected chi connectivity index (χ2v) is 7.07. The molecule has 6 nitrogen and oxygen atoms in total. The number of nitrogens with one attached hydrogen (secondary N) is 1. The van der Waals surface area contributed by atoms with Crippen molar-refractivity contribution in [1.82, 2.24) is 0 Å². The Hall–Kier alpha value is -1.89. The summed E-state index contributed by atoms with van der Waals surface area (Å²) >= 11 is 1.07. The van der Waals surface area contributed by atoms with Gasteiger partial charge in [0, 0.05) is 6.42 Å². The number of carbonyl (C=O) groups is 3. The van der Waals surface area contributed by atoms with E-state index in [2.05, 4.69) is 5.32 Å². The molecule has 0 bridgehead atoms. The van der Waals surface area contributed by atoms with Crippen molar-refractivity contribution in [2.45, 2.75) is 65.4 Å². The SMILES string of the molecule is CCOC(=O)c1c(NC(=O)CC)sc(C(=O)OC2CCCCC2)c1C. The van der Waals surface area contributed by atoms with Crippen molar-refractivity contribution in [3.63, 3.8) is 0 Å². The van der Waals surface area contributed by atoms with Crippen LogP contribution < -0.4 is 5.32 Å². The van der Waals surface area contributed by atoms with Gasteiger partial charge in [-0.25, -0.2) is 9.59 Å². The molecule has 1 heterocycles. The maximum absolute atomic E-state index is 12.6. The van der Waals surface area contributed by atoms with Gasteiger partial charge in [0.15, 0.2) is 0 Å². The van der Waals surface area contributed by atoms with Gasteiger partial charge in [-0.05, 0) is 45.1 Å². The van der Waals surface area contributed by atoms with E-state index in [4.69, 9.17) is 9.47 Å². The number of rotatable bonds is 6. The molecule has 0 aromatic carbocycles. The van der Waals surface area contributed by atoms with E-state index in [1.807, 2.05) is 0 Å². The van der Waals surface area contributed by atoms with E-state index in [9.17, 15) is 14.4 Å². The Morgan fingerprint density at radius 3 is 2.40 bits per heavy atom. The number of anilines is 1. The number of amides is 1. The molecule has 1 fully saturated rings.